The molecule has 0 unspecified atom stereocenters. The first kappa shape index (κ1) is 18.4. The maximum Gasteiger partial charge on any atom is 0.141 e. The largest absolute Gasteiger partial charge is 0.385 e. The molecule has 3 aromatic heterocycles. The number of fused-ring (bicyclic) bond motifs is 1. The summed E-state index contributed by atoms with van der Waals surface area (Å²) in [5.74, 6) is 2.52. The number of rotatable bonds is 5. The van der Waals surface area contributed by atoms with Crippen molar-refractivity contribution < 1.29 is 0 Å². The fraction of sp³-hybridized carbons (Fsp3) is 0.450. The van der Waals surface area contributed by atoms with Crippen LogP contribution < -0.4 is 5.73 Å². The first-order valence-electron chi connectivity index (χ1n) is 10.1. The number of thioether (sulfide) groups is 1. The van der Waals surface area contributed by atoms with Crippen molar-refractivity contribution in [2.75, 3.05) is 5.75 Å². The van der Waals surface area contributed by atoms with E-state index in [1.54, 1.807) is 18.1 Å². The van der Waals surface area contributed by atoms with Gasteiger partial charge in [-0.05, 0) is 49.8 Å². The molecule has 0 amide bonds. The summed E-state index contributed by atoms with van der Waals surface area (Å²) in [6, 6.07) is 2.49. The van der Waals surface area contributed by atoms with Gasteiger partial charge in [0.2, 0.25) is 0 Å². The van der Waals surface area contributed by atoms with Gasteiger partial charge in [-0.2, -0.15) is 5.10 Å². The zero-order valence-corrected chi connectivity index (χ0v) is 17.0. The van der Waals surface area contributed by atoms with Crippen molar-refractivity contribution >= 4 is 33.7 Å². The molecule has 8 nitrogen and oxygen atoms in total. The number of aromatic amines is 1. The van der Waals surface area contributed by atoms with Crippen LogP contribution in [0.4, 0.5) is 0 Å². The third-order valence-electron chi connectivity index (χ3n) is 5.84. The van der Waals surface area contributed by atoms with Crippen molar-refractivity contribution in [3.63, 3.8) is 0 Å². The predicted octanol–water partition coefficient (Wildman–Crippen LogP) is 3.75. The molecule has 1 saturated carbocycles. The van der Waals surface area contributed by atoms with Crippen LogP contribution >= 0.6 is 11.8 Å². The van der Waals surface area contributed by atoms with Crippen LogP contribution in [-0.4, -0.2) is 41.4 Å². The van der Waals surface area contributed by atoms with E-state index in [1.807, 2.05) is 18.5 Å². The van der Waals surface area contributed by atoms with Gasteiger partial charge in [0, 0.05) is 23.3 Å². The average molecular weight is 409 g/mol. The predicted molar refractivity (Wildman–Crippen MR) is 117 cm³/mol. The van der Waals surface area contributed by atoms with Gasteiger partial charge in [-0.15, -0.1) is 22.0 Å². The van der Waals surface area contributed by atoms with Crippen LogP contribution in [0.2, 0.25) is 0 Å². The van der Waals surface area contributed by atoms with Gasteiger partial charge in [0.05, 0.1) is 24.4 Å². The Labute approximate surface area is 173 Å². The number of hydrogen-bond acceptors (Lipinski definition) is 7. The summed E-state index contributed by atoms with van der Waals surface area (Å²) in [7, 11) is 0. The standard InChI is InChI=1S/C20H24N8S/c21-17-9-18(27-26-17)29-8-6-13-1-3-15(4-2-13)28-11-14(10-25-28)19-16-5-7-22-20(16)24-12-23-19/h5,7,10-13,15H,1-4,6,8-9H2,(H2,21,26)(H,22,23,24). The molecular formula is C20H24N8S. The highest BCUT2D eigenvalue weighted by molar-refractivity contribution is 8.14. The van der Waals surface area contributed by atoms with Gasteiger partial charge < -0.3 is 10.7 Å². The number of nitrogens with zero attached hydrogens (tertiary/aromatic N) is 6. The molecular weight excluding hydrogens is 384 g/mol. The van der Waals surface area contributed by atoms with E-state index in [4.69, 9.17) is 5.73 Å². The number of nitrogens with two attached hydrogens (primary N) is 1. The Kier molecular flexibility index (Phi) is 5.05. The molecule has 9 heteroatoms. The molecule has 3 N–H and O–H groups in total. The maximum atomic E-state index is 5.68. The molecule has 0 aromatic carbocycles. The van der Waals surface area contributed by atoms with Crippen LogP contribution in [0.25, 0.3) is 22.3 Å². The third kappa shape index (κ3) is 3.91. The first-order chi connectivity index (χ1) is 14.3. The van der Waals surface area contributed by atoms with Crippen molar-refractivity contribution in [1.82, 2.24) is 24.7 Å². The fourth-order valence-electron chi connectivity index (χ4n) is 4.23. The first-order valence-corrected chi connectivity index (χ1v) is 11.1. The number of hydrogen-bond donors (Lipinski definition) is 2. The minimum Gasteiger partial charge on any atom is -0.385 e. The van der Waals surface area contributed by atoms with Gasteiger partial charge in [0.15, 0.2) is 0 Å². The van der Waals surface area contributed by atoms with Crippen LogP contribution in [0.3, 0.4) is 0 Å². The molecule has 0 bridgehead atoms. The second-order valence-electron chi connectivity index (χ2n) is 7.74. The molecule has 1 aliphatic carbocycles. The smallest absolute Gasteiger partial charge is 0.141 e. The summed E-state index contributed by atoms with van der Waals surface area (Å²) in [6.07, 6.45) is 14.4. The van der Waals surface area contributed by atoms with Crippen LogP contribution in [-0.2, 0) is 0 Å². The molecule has 29 heavy (non-hydrogen) atoms. The van der Waals surface area contributed by atoms with E-state index < -0.39 is 0 Å². The summed E-state index contributed by atoms with van der Waals surface area (Å²) in [6.45, 7) is 0. The molecule has 150 valence electrons. The third-order valence-corrected chi connectivity index (χ3v) is 6.84. The van der Waals surface area contributed by atoms with Gasteiger partial charge in [0.1, 0.15) is 22.9 Å². The fourth-order valence-corrected chi connectivity index (χ4v) is 5.26. The van der Waals surface area contributed by atoms with E-state index in [0.717, 1.165) is 45.4 Å². The van der Waals surface area contributed by atoms with E-state index in [1.165, 1.54) is 32.1 Å². The number of aromatic nitrogens is 5. The van der Waals surface area contributed by atoms with Crippen LogP contribution in [0, 0.1) is 5.92 Å². The number of H-pyrrole nitrogens is 1. The monoisotopic (exact) mass is 408 g/mol. The molecule has 0 radical (unpaired) electrons. The lowest BCUT2D eigenvalue weighted by Gasteiger charge is -2.28. The lowest BCUT2D eigenvalue weighted by molar-refractivity contribution is 0.257. The van der Waals surface area contributed by atoms with Crippen molar-refractivity contribution in [3.05, 3.63) is 31.0 Å². The molecule has 1 aliphatic heterocycles. The van der Waals surface area contributed by atoms with Crippen LogP contribution in [0.1, 0.15) is 44.6 Å². The molecule has 4 heterocycles. The van der Waals surface area contributed by atoms with Crippen LogP contribution in [0.15, 0.2) is 41.2 Å². The zero-order chi connectivity index (χ0) is 19.6. The van der Waals surface area contributed by atoms with Gasteiger partial charge in [-0.1, -0.05) is 0 Å². The van der Waals surface area contributed by atoms with E-state index in [2.05, 4.69) is 41.1 Å². The Bertz CT molecular complexity index is 1060. The Balaban J connectivity index is 1.15. The van der Waals surface area contributed by atoms with Gasteiger partial charge in [-0.25, -0.2) is 9.97 Å². The average Bonchev–Trinajstić information content (AvgIpc) is 3.49. The summed E-state index contributed by atoms with van der Waals surface area (Å²) >= 11 is 1.80. The second-order valence-corrected chi connectivity index (χ2v) is 8.91. The van der Waals surface area contributed by atoms with Crippen molar-refractivity contribution in [2.24, 2.45) is 21.9 Å². The lowest BCUT2D eigenvalue weighted by Crippen LogP contribution is -2.19. The molecule has 2 aliphatic rings. The highest BCUT2D eigenvalue weighted by Gasteiger charge is 2.23. The topological polar surface area (TPSA) is 110 Å². The Morgan fingerprint density at radius 3 is 2.90 bits per heavy atom. The summed E-state index contributed by atoms with van der Waals surface area (Å²) < 4.78 is 2.13. The van der Waals surface area contributed by atoms with E-state index in [9.17, 15) is 0 Å². The second kappa shape index (κ2) is 7.98. The molecule has 3 aromatic rings. The molecule has 0 spiro atoms. The molecule has 1 fully saturated rings. The minimum absolute atomic E-state index is 0.476. The van der Waals surface area contributed by atoms with Crippen molar-refractivity contribution in [2.45, 2.75) is 44.6 Å². The Hall–Kier alpha value is -2.68. The van der Waals surface area contributed by atoms with Gasteiger partial charge in [0.25, 0.3) is 0 Å². The highest BCUT2D eigenvalue weighted by Crippen LogP contribution is 2.35. The Morgan fingerprint density at radius 2 is 2.07 bits per heavy atom. The van der Waals surface area contributed by atoms with E-state index >= 15 is 0 Å². The summed E-state index contributed by atoms with van der Waals surface area (Å²) in [5.41, 5.74) is 8.52. The summed E-state index contributed by atoms with van der Waals surface area (Å²) in [5, 5.41) is 14.8. The van der Waals surface area contributed by atoms with E-state index in [0.29, 0.717) is 11.9 Å². The number of amidine groups is 1. The molecule has 0 atom stereocenters. The number of nitrogens with one attached hydrogen (secondary N) is 1. The molecule has 0 saturated heterocycles. The van der Waals surface area contributed by atoms with Crippen LogP contribution in [0.5, 0.6) is 0 Å². The molecule has 5 rings (SSSR count). The zero-order valence-electron chi connectivity index (χ0n) is 16.2. The normalized spacial score (nSPS) is 22.1. The maximum absolute atomic E-state index is 5.68. The van der Waals surface area contributed by atoms with E-state index in [-0.39, 0.29) is 0 Å². The van der Waals surface area contributed by atoms with Crippen molar-refractivity contribution in [1.29, 1.82) is 0 Å². The Morgan fingerprint density at radius 1 is 1.17 bits per heavy atom. The minimum atomic E-state index is 0.476. The SMILES string of the molecule is NC1=NN=C(SCCC2CCC(n3cc(-c4ncnc5[nH]ccc45)cn3)CC2)C1. The summed E-state index contributed by atoms with van der Waals surface area (Å²) in [4.78, 5) is 11.9. The quantitative estimate of drug-likeness (QED) is 0.668. The van der Waals surface area contributed by atoms with Crippen molar-refractivity contribution in [3.8, 4) is 11.3 Å². The highest BCUT2D eigenvalue weighted by atomic mass is 32.2. The lowest BCUT2D eigenvalue weighted by atomic mass is 9.84. The van der Waals surface area contributed by atoms with Gasteiger partial charge in [-0.3, -0.25) is 4.68 Å². The van der Waals surface area contributed by atoms with Gasteiger partial charge >= 0.3 is 0 Å².